The molecule has 1 aliphatic heterocycles. The van der Waals surface area contributed by atoms with Gasteiger partial charge in [0.1, 0.15) is 5.75 Å². The van der Waals surface area contributed by atoms with E-state index in [1.807, 2.05) is 6.07 Å². The van der Waals surface area contributed by atoms with Crippen LogP contribution < -0.4 is 4.74 Å². The van der Waals surface area contributed by atoms with Gasteiger partial charge in [0.15, 0.2) is 0 Å². The molecule has 82 valence electrons. The first-order chi connectivity index (χ1) is 7.16. The number of hydrogen-bond donors (Lipinski definition) is 0. The molecular weight excluding hydrogens is 202 g/mol. The van der Waals surface area contributed by atoms with E-state index in [1.54, 1.807) is 19.1 Å². The van der Waals surface area contributed by atoms with E-state index in [-0.39, 0.29) is 6.10 Å². The van der Waals surface area contributed by atoms with Gasteiger partial charge in [-0.15, -0.1) is 0 Å². The Morgan fingerprint density at radius 2 is 2.27 bits per heavy atom. The fourth-order valence-corrected chi connectivity index (χ4v) is 1.56. The molecule has 1 atom stereocenters. The maximum absolute atomic E-state index is 12.2. The maximum Gasteiger partial charge on any atom is 0.387 e. The smallest absolute Gasteiger partial charge is 0.387 e. The Bertz CT molecular complexity index is 348. The molecule has 1 saturated heterocycles. The molecule has 1 unspecified atom stereocenters. The predicted molar refractivity (Wildman–Crippen MR) is 51.3 cm³/mol. The SMILES string of the molecule is Cc1cccc(CC2CO2)c1OC(F)F. The molecule has 1 aliphatic rings. The van der Waals surface area contributed by atoms with Crippen LogP contribution in [0.1, 0.15) is 11.1 Å². The molecule has 0 saturated carbocycles. The fourth-order valence-electron chi connectivity index (χ4n) is 1.56. The lowest BCUT2D eigenvalue weighted by atomic mass is 10.1. The Hall–Kier alpha value is -1.16. The van der Waals surface area contributed by atoms with Gasteiger partial charge in [-0.05, 0) is 18.1 Å². The van der Waals surface area contributed by atoms with Crippen molar-refractivity contribution in [3.63, 3.8) is 0 Å². The molecule has 1 aromatic rings. The normalized spacial score (nSPS) is 19.3. The minimum Gasteiger partial charge on any atom is -0.434 e. The molecule has 0 radical (unpaired) electrons. The standard InChI is InChI=1S/C11H12F2O2/c1-7-3-2-4-8(5-9-6-14-9)10(7)15-11(12)13/h2-4,9,11H,5-6H2,1H3. The van der Waals surface area contributed by atoms with Gasteiger partial charge in [-0.1, -0.05) is 18.2 Å². The van der Waals surface area contributed by atoms with Gasteiger partial charge in [-0.2, -0.15) is 8.78 Å². The average Bonchev–Trinajstić information content (AvgIpc) is 2.94. The molecule has 2 rings (SSSR count). The molecule has 0 spiro atoms. The van der Waals surface area contributed by atoms with Crippen molar-refractivity contribution in [3.8, 4) is 5.75 Å². The van der Waals surface area contributed by atoms with E-state index in [4.69, 9.17) is 4.74 Å². The molecular formula is C11H12F2O2. The lowest BCUT2D eigenvalue weighted by molar-refractivity contribution is -0.0509. The number of rotatable bonds is 4. The second kappa shape index (κ2) is 4.14. The molecule has 1 fully saturated rings. The van der Waals surface area contributed by atoms with Crippen molar-refractivity contribution >= 4 is 0 Å². The Morgan fingerprint density at radius 1 is 1.53 bits per heavy atom. The zero-order chi connectivity index (χ0) is 10.8. The topological polar surface area (TPSA) is 21.8 Å². The first-order valence-corrected chi connectivity index (χ1v) is 4.81. The summed E-state index contributed by atoms with van der Waals surface area (Å²) in [5.74, 6) is 0.294. The molecule has 1 aromatic carbocycles. The first-order valence-electron chi connectivity index (χ1n) is 4.81. The second-order valence-corrected chi connectivity index (χ2v) is 3.60. The van der Waals surface area contributed by atoms with Crippen LogP contribution in [0.5, 0.6) is 5.75 Å². The summed E-state index contributed by atoms with van der Waals surface area (Å²) in [5, 5.41) is 0. The minimum atomic E-state index is -2.77. The van der Waals surface area contributed by atoms with E-state index in [9.17, 15) is 8.78 Å². The van der Waals surface area contributed by atoms with Gasteiger partial charge in [0.2, 0.25) is 0 Å². The van der Waals surface area contributed by atoms with Crippen LogP contribution in [0.2, 0.25) is 0 Å². The van der Waals surface area contributed by atoms with E-state index in [1.165, 1.54) is 0 Å². The van der Waals surface area contributed by atoms with Gasteiger partial charge in [-0.25, -0.2) is 0 Å². The van der Waals surface area contributed by atoms with Gasteiger partial charge >= 0.3 is 6.61 Å². The minimum absolute atomic E-state index is 0.173. The third-order valence-electron chi connectivity index (χ3n) is 2.35. The van der Waals surface area contributed by atoms with E-state index in [0.717, 1.165) is 11.1 Å². The second-order valence-electron chi connectivity index (χ2n) is 3.60. The van der Waals surface area contributed by atoms with Crippen LogP contribution in [0.15, 0.2) is 18.2 Å². The van der Waals surface area contributed by atoms with Crippen molar-refractivity contribution in [1.82, 2.24) is 0 Å². The highest BCUT2D eigenvalue weighted by Gasteiger charge is 2.25. The van der Waals surface area contributed by atoms with E-state index in [2.05, 4.69) is 4.74 Å². The summed E-state index contributed by atoms with van der Waals surface area (Å²) in [5.41, 5.74) is 1.52. The van der Waals surface area contributed by atoms with Gasteiger partial charge < -0.3 is 9.47 Å². The van der Waals surface area contributed by atoms with E-state index < -0.39 is 6.61 Å². The van der Waals surface area contributed by atoms with Crippen molar-refractivity contribution in [1.29, 1.82) is 0 Å². The zero-order valence-electron chi connectivity index (χ0n) is 8.37. The molecule has 0 aliphatic carbocycles. The highest BCUT2D eigenvalue weighted by atomic mass is 19.3. The highest BCUT2D eigenvalue weighted by Crippen LogP contribution is 2.28. The molecule has 0 bridgehead atoms. The molecule has 4 heteroatoms. The van der Waals surface area contributed by atoms with E-state index in [0.29, 0.717) is 18.8 Å². The maximum atomic E-state index is 12.2. The van der Waals surface area contributed by atoms with Crippen LogP contribution in [0.4, 0.5) is 8.78 Å². The fraction of sp³-hybridized carbons (Fsp3) is 0.455. The number of benzene rings is 1. The third kappa shape index (κ3) is 2.65. The van der Waals surface area contributed by atoms with Crippen molar-refractivity contribution in [2.45, 2.75) is 26.1 Å². The highest BCUT2D eigenvalue weighted by molar-refractivity contribution is 5.41. The number of epoxide rings is 1. The Morgan fingerprint density at radius 3 is 2.87 bits per heavy atom. The number of alkyl halides is 2. The summed E-state index contributed by atoms with van der Waals surface area (Å²) in [6, 6.07) is 5.40. The molecule has 2 nitrogen and oxygen atoms in total. The molecule has 0 aromatic heterocycles. The van der Waals surface area contributed by atoms with Crippen LogP contribution in [-0.2, 0) is 11.2 Å². The Kier molecular flexibility index (Phi) is 2.86. The predicted octanol–water partition coefficient (Wildman–Crippen LogP) is 2.54. The Balaban J connectivity index is 2.21. The number of ether oxygens (including phenoxy) is 2. The van der Waals surface area contributed by atoms with Crippen molar-refractivity contribution < 1.29 is 18.3 Å². The van der Waals surface area contributed by atoms with Crippen LogP contribution in [-0.4, -0.2) is 19.3 Å². The van der Waals surface area contributed by atoms with Crippen molar-refractivity contribution in [2.24, 2.45) is 0 Å². The third-order valence-corrected chi connectivity index (χ3v) is 2.35. The molecule has 1 heterocycles. The quantitative estimate of drug-likeness (QED) is 0.718. The lowest BCUT2D eigenvalue weighted by Crippen LogP contribution is -2.07. The zero-order valence-corrected chi connectivity index (χ0v) is 8.37. The largest absolute Gasteiger partial charge is 0.434 e. The van der Waals surface area contributed by atoms with Gasteiger partial charge in [0.25, 0.3) is 0 Å². The van der Waals surface area contributed by atoms with E-state index >= 15 is 0 Å². The number of halogens is 2. The summed E-state index contributed by atoms with van der Waals surface area (Å²) in [6.07, 6.45) is 0.816. The van der Waals surface area contributed by atoms with Crippen LogP contribution in [0.3, 0.4) is 0 Å². The summed E-state index contributed by atoms with van der Waals surface area (Å²) in [7, 11) is 0. The Labute approximate surface area is 86.8 Å². The lowest BCUT2D eigenvalue weighted by Gasteiger charge is -2.12. The van der Waals surface area contributed by atoms with Crippen LogP contribution in [0.25, 0.3) is 0 Å². The summed E-state index contributed by atoms with van der Waals surface area (Å²) in [4.78, 5) is 0. The molecule has 15 heavy (non-hydrogen) atoms. The first kappa shape index (κ1) is 10.4. The number of hydrogen-bond acceptors (Lipinski definition) is 2. The van der Waals surface area contributed by atoms with Gasteiger partial charge in [0, 0.05) is 6.42 Å². The summed E-state index contributed by atoms with van der Waals surface area (Å²) < 4.78 is 33.9. The van der Waals surface area contributed by atoms with Gasteiger partial charge in [-0.3, -0.25) is 0 Å². The molecule has 0 amide bonds. The van der Waals surface area contributed by atoms with Crippen molar-refractivity contribution in [3.05, 3.63) is 29.3 Å². The number of aryl methyl sites for hydroxylation is 1. The van der Waals surface area contributed by atoms with Crippen molar-refractivity contribution in [2.75, 3.05) is 6.61 Å². The summed E-state index contributed by atoms with van der Waals surface area (Å²) in [6.45, 7) is -0.304. The monoisotopic (exact) mass is 214 g/mol. The van der Waals surface area contributed by atoms with Gasteiger partial charge in [0.05, 0.1) is 12.7 Å². The van der Waals surface area contributed by atoms with Crippen LogP contribution in [0, 0.1) is 6.92 Å². The molecule has 0 N–H and O–H groups in total. The number of para-hydroxylation sites is 1. The summed E-state index contributed by atoms with van der Waals surface area (Å²) >= 11 is 0. The van der Waals surface area contributed by atoms with Crippen LogP contribution >= 0.6 is 0 Å². The average molecular weight is 214 g/mol.